The van der Waals surface area contributed by atoms with Crippen molar-refractivity contribution in [3.8, 4) is 0 Å². The minimum Gasteiger partial charge on any atom is -0.376 e. The van der Waals surface area contributed by atoms with Crippen LogP contribution in [-0.2, 0) is 11.3 Å². The van der Waals surface area contributed by atoms with Crippen molar-refractivity contribution in [1.82, 2.24) is 19.9 Å². The van der Waals surface area contributed by atoms with Crippen LogP contribution in [-0.4, -0.2) is 58.1 Å². The number of aryl methyl sites for hydroxylation is 1. The molecule has 29 heavy (non-hydrogen) atoms. The van der Waals surface area contributed by atoms with Crippen molar-refractivity contribution in [3.63, 3.8) is 0 Å². The number of piperidine rings is 1. The maximum atomic E-state index is 13.5. The van der Waals surface area contributed by atoms with Crippen molar-refractivity contribution in [1.29, 1.82) is 0 Å². The molecule has 4 heterocycles. The summed E-state index contributed by atoms with van der Waals surface area (Å²) in [5, 5.41) is 0. The molecule has 154 valence electrons. The van der Waals surface area contributed by atoms with Gasteiger partial charge in [-0.15, -0.1) is 0 Å². The fourth-order valence-electron chi connectivity index (χ4n) is 4.00. The van der Waals surface area contributed by atoms with Gasteiger partial charge in [-0.25, -0.2) is 9.97 Å². The van der Waals surface area contributed by atoms with Gasteiger partial charge in [0.15, 0.2) is 0 Å². The van der Waals surface area contributed by atoms with Gasteiger partial charge in [0.1, 0.15) is 5.69 Å². The molecule has 0 saturated carbocycles. The molecule has 0 N–H and O–H groups in total. The van der Waals surface area contributed by atoms with Crippen LogP contribution in [0.15, 0.2) is 30.5 Å². The molecular formula is C22H29N5O2. The van der Waals surface area contributed by atoms with Crippen LogP contribution in [0.2, 0.25) is 0 Å². The second-order valence-electron chi connectivity index (χ2n) is 7.88. The number of nitrogens with zero attached hydrogens (tertiary/aromatic N) is 5. The lowest BCUT2D eigenvalue weighted by atomic mass is 10.1. The Morgan fingerprint density at radius 1 is 1.21 bits per heavy atom. The highest BCUT2D eigenvalue weighted by Crippen LogP contribution is 2.20. The summed E-state index contributed by atoms with van der Waals surface area (Å²) in [7, 11) is 0. The van der Waals surface area contributed by atoms with Gasteiger partial charge in [0.05, 0.1) is 18.3 Å². The number of pyridine rings is 1. The van der Waals surface area contributed by atoms with Crippen LogP contribution in [0.25, 0.3) is 0 Å². The Labute approximate surface area is 172 Å². The molecule has 2 aromatic heterocycles. The van der Waals surface area contributed by atoms with E-state index in [4.69, 9.17) is 4.74 Å². The summed E-state index contributed by atoms with van der Waals surface area (Å²) in [4.78, 5) is 31.1. The third-order valence-electron chi connectivity index (χ3n) is 5.51. The zero-order valence-electron chi connectivity index (χ0n) is 17.1. The number of rotatable bonds is 6. The van der Waals surface area contributed by atoms with Crippen molar-refractivity contribution >= 4 is 11.9 Å². The van der Waals surface area contributed by atoms with Gasteiger partial charge in [0, 0.05) is 38.1 Å². The first-order valence-corrected chi connectivity index (χ1v) is 10.6. The summed E-state index contributed by atoms with van der Waals surface area (Å²) in [6.07, 6.45) is 7.39. The molecule has 2 aliphatic rings. The molecule has 4 rings (SSSR count). The summed E-state index contributed by atoms with van der Waals surface area (Å²) in [5.74, 6) is 0.581. The normalized spacial score (nSPS) is 19.3. The third kappa shape index (κ3) is 5.09. The Morgan fingerprint density at radius 2 is 2.07 bits per heavy atom. The first kappa shape index (κ1) is 19.8. The van der Waals surface area contributed by atoms with Crippen molar-refractivity contribution in [3.05, 3.63) is 47.5 Å². The van der Waals surface area contributed by atoms with Gasteiger partial charge in [0.2, 0.25) is 5.95 Å². The van der Waals surface area contributed by atoms with E-state index in [1.807, 2.05) is 30.0 Å². The fourth-order valence-corrected chi connectivity index (χ4v) is 4.00. The lowest BCUT2D eigenvalue weighted by Crippen LogP contribution is -2.38. The van der Waals surface area contributed by atoms with Gasteiger partial charge in [-0.1, -0.05) is 6.07 Å². The van der Waals surface area contributed by atoms with E-state index in [-0.39, 0.29) is 12.0 Å². The molecule has 1 amide bonds. The average molecular weight is 396 g/mol. The second kappa shape index (κ2) is 9.31. The Kier molecular flexibility index (Phi) is 6.34. The smallest absolute Gasteiger partial charge is 0.273 e. The van der Waals surface area contributed by atoms with Crippen LogP contribution in [0, 0.1) is 6.92 Å². The first-order chi connectivity index (χ1) is 14.2. The zero-order valence-corrected chi connectivity index (χ0v) is 17.1. The largest absolute Gasteiger partial charge is 0.376 e. The lowest BCUT2D eigenvalue weighted by molar-refractivity contribution is 0.0500. The molecule has 1 unspecified atom stereocenters. The van der Waals surface area contributed by atoms with Crippen LogP contribution in [0.3, 0.4) is 0 Å². The minimum absolute atomic E-state index is 0.0761. The molecule has 1 atom stereocenters. The lowest BCUT2D eigenvalue weighted by Gasteiger charge is -2.28. The Hall–Kier alpha value is -2.54. The fraction of sp³-hybridized carbons (Fsp3) is 0.545. The van der Waals surface area contributed by atoms with Crippen LogP contribution in [0.5, 0.6) is 0 Å². The number of ether oxygens (including phenoxy) is 1. The standard InChI is InChI=1S/C22H29N5O2/c1-17-14-20(25-22(24-17)26-11-5-2-6-12-26)21(28)27(16-19-9-7-13-29-19)15-18-8-3-4-10-23-18/h3-4,8,10,14,19H,2,5-7,9,11-13,15-16H2,1H3. The molecule has 2 aromatic rings. The molecule has 0 spiro atoms. The van der Waals surface area contributed by atoms with Gasteiger partial charge in [-0.2, -0.15) is 0 Å². The SMILES string of the molecule is Cc1cc(C(=O)N(Cc2ccccn2)CC2CCCO2)nc(N2CCCCC2)n1. The van der Waals surface area contributed by atoms with E-state index in [1.54, 1.807) is 12.3 Å². The van der Waals surface area contributed by atoms with Crippen molar-refractivity contribution in [2.45, 2.75) is 51.7 Å². The second-order valence-corrected chi connectivity index (χ2v) is 7.88. The van der Waals surface area contributed by atoms with Gasteiger partial charge in [0.25, 0.3) is 5.91 Å². The summed E-state index contributed by atoms with van der Waals surface area (Å²) in [6.45, 7) is 5.59. The minimum atomic E-state index is -0.0880. The van der Waals surface area contributed by atoms with Gasteiger partial charge in [-0.05, 0) is 57.2 Å². The third-order valence-corrected chi connectivity index (χ3v) is 5.51. The number of hydrogen-bond acceptors (Lipinski definition) is 6. The first-order valence-electron chi connectivity index (χ1n) is 10.6. The number of carbonyl (C=O) groups is 1. The average Bonchev–Trinajstić information content (AvgIpc) is 3.27. The Morgan fingerprint density at radius 3 is 2.79 bits per heavy atom. The maximum absolute atomic E-state index is 13.5. The molecule has 0 radical (unpaired) electrons. The highest BCUT2D eigenvalue weighted by atomic mass is 16.5. The maximum Gasteiger partial charge on any atom is 0.273 e. The predicted molar refractivity (Wildman–Crippen MR) is 111 cm³/mol. The van der Waals surface area contributed by atoms with Crippen molar-refractivity contribution < 1.29 is 9.53 Å². The summed E-state index contributed by atoms with van der Waals surface area (Å²) in [5.41, 5.74) is 2.13. The number of amides is 1. The highest BCUT2D eigenvalue weighted by molar-refractivity contribution is 5.92. The molecule has 0 aliphatic carbocycles. The van der Waals surface area contributed by atoms with Crippen LogP contribution in [0.1, 0.15) is 54.0 Å². The quantitative estimate of drug-likeness (QED) is 0.749. The molecule has 2 fully saturated rings. The van der Waals surface area contributed by atoms with Crippen LogP contribution in [0.4, 0.5) is 5.95 Å². The van der Waals surface area contributed by atoms with Gasteiger partial charge < -0.3 is 14.5 Å². The summed E-state index contributed by atoms with van der Waals surface area (Å²) in [6, 6.07) is 7.56. The Balaban J connectivity index is 1.57. The van der Waals surface area contributed by atoms with Gasteiger partial charge in [-0.3, -0.25) is 9.78 Å². The van der Waals surface area contributed by atoms with Crippen LogP contribution >= 0.6 is 0 Å². The van der Waals surface area contributed by atoms with Gasteiger partial charge >= 0.3 is 0 Å². The molecule has 0 bridgehead atoms. The van der Waals surface area contributed by atoms with E-state index >= 15 is 0 Å². The molecule has 2 saturated heterocycles. The van der Waals surface area contributed by atoms with E-state index in [1.165, 1.54) is 6.42 Å². The molecular weight excluding hydrogens is 366 g/mol. The van der Waals surface area contributed by atoms with E-state index in [2.05, 4.69) is 19.9 Å². The van der Waals surface area contributed by atoms with E-state index < -0.39 is 0 Å². The summed E-state index contributed by atoms with van der Waals surface area (Å²) < 4.78 is 5.79. The number of carbonyl (C=O) groups excluding carboxylic acids is 1. The number of anilines is 1. The summed E-state index contributed by atoms with van der Waals surface area (Å²) >= 11 is 0. The van der Waals surface area contributed by atoms with E-state index in [9.17, 15) is 4.79 Å². The monoisotopic (exact) mass is 395 g/mol. The predicted octanol–water partition coefficient (Wildman–Crippen LogP) is 2.99. The van der Waals surface area contributed by atoms with E-state index in [0.29, 0.717) is 24.7 Å². The number of aromatic nitrogens is 3. The topological polar surface area (TPSA) is 71.5 Å². The highest BCUT2D eigenvalue weighted by Gasteiger charge is 2.26. The molecule has 2 aliphatic heterocycles. The number of hydrogen-bond donors (Lipinski definition) is 0. The molecule has 0 aromatic carbocycles. The van der Waals surface area contributed by atoms with Crippen molar-refractivity contribution in [2.24, 2.45) is 0 Å². The molecule has 7 nitrogen and oxygen atoms in total. The molecule has 7 heteroatoms. The van der Waals surface area contributed by atoms with Crippen molar-refractivity contribution in [2.75, 3.05) is 31.1 Å². The zero-order chi connectivity index (χ0) is 20.1. The van der Waals surface area contributed by atoms with E-state index in [0.717, 1.165) is 56.8 Å². The Bertz CT molecular complexity index is 817. The van der Waals surface area contributed by atoms with Crippen LogP contribution < -0.4 is 4.90 Å².